The van der Waals surface area contributed by atoms with Gasteiger partial charge in [-0.05, 0) is 24.6 Å². The van der Waals surface area contributed by atoms with Crippen LogP contribution in [0.15, 0.2) is 51.6 Å². The standard InChI is InChI=1S/C18H11N5O3/c1-11-2-3-14(23(24)25)7-16(11)17-5-4-15(26-17)6-12(8-19)18(22)13(9-20)10-21/h2-7H,22H2,1H3/b12-6-. The number of nitrogens with zero attached hydrogens (tertiary/aromatic N) is 4. The summed E-state index contributed by atoms with van der Waals surface area (Å²) in [6, 6.07) is 12.6. The van der Waals surface area contributed by atoms with Gasteiger partial charge < -0.3 is 10.2 Å². The lowest BCUT2D eigenvalue weighted by Gasteiger charge is -2.02. The van der Waals surface area contributed by atoms with E-state index in [1.165, 1.54) is 18.2 Å². The van der Waals surface area contributed by atoms with E-state index in [0.717, 1.165) is 5.56 Å². The highest BCUT2D eigenvalue weighted by Gasteiger charge is 2.14. The maximum atomic E-state index is 10.9. The van der Waals surface area contributed by atoms with Gasteiger partial charge in [-0.1, -0.05) is 6.07 Å². The van der Waals surface area contributed by atoms with Crippen LogP contribution in [0, 0.1) is 51.0 Å². The van der Waals surface area contributed by atoms with Gasteiger partial charge in [0.25, 0.3) is 5.69 Å². The minimum Gasteiger partial charge on any atom is -0.457 e. The molecule has 0 bridgehead atoms. The summed E-state index contributed by atoms with van der Waals surface area (Å²) in [5, 5.41) is 37.8. The van der Waals surface area contributed by atoms with Crippen LogP contribution in [0.1, 0.15) is 11.3 Å². The van der Waals surface area contributed by atoms with Crippen molar-refractivity contribution in [2.75, 3.05) is 0 Å². The maximum absolute atomic E-state index is 10.9. The number of nitrogens with two attached hydrogens (primary N) is 1. The largest absolute Gasteiger partial charge is 0.457 e. The van der Waals surface area contributed by atoms with Crippen LogP contribution in [0.3, 0.4) is 0 Å². The maximum Gasteiger partial charge on any atom is 0.270 e. The van der Waals surface area contributed by atoms with Crippen molar-refractivity contribution in [2.45, 2.75) is 6.92 Å². The normalized spacial score (nSPS) is 10.3. The van der Waals surface area contributed by atoms with Crippen LogP contribution in [0.25, 0.3) is 17.4 Å². The fourth-order valence-corrected chi connectivity index (χ4v) is 2.16. The third kappa shape index (κ3) is 3.59. The third-order valence-electron chi connectivity index (χ3n) is 3.51. The zero-order valence-corrected chi connectivity index (χ0v) is 13.6. The zero-order chi connectivity index (χ0) is 19.3. The Morgan fingerprint density at radius 3 is 2.46 bits per heavy atom. The highest BCUT2D eigenvalue weighted by Crippen LogP contribution is 2.30. The van der Waals surface area contributed by atoms with Crippen molar-refractivity contribution in [2.24, 2.45) is 5.73 Å². The molecular formula is C18H11N5O3. The van der Waals surface area contributed by atoms with Gasteiger partial charge in [0.05, 0.1) is 16.2 Å². The molecule has 0 saturated heterocycles. The van der Waals surface area contributed by atoms with E-state index in [4.69, 9.17) is 20.7 Å². The summed E-state index contributed by atoms with van der Waals surface area (Å²) in [5.41, 5.74) is 6.18. The van der Waals surface area contributed by atoms with Gasteiger partial charge in [-0.25, -0.2) is 0 Å². The average molecular weight is 345 g/mol. The molecule has 1 aromatic carbocycles. The molecule has 1 aromatic heterocycles. The van der Waals surface area contributed by atoms with Gasteiger partial charge in [-0.3, -0.25) is 10.1 Å². The number of aryl methyl sites for hydroxylation is 1. The first-order valence-corrected chi connectivity index (χ1v) is 7.18. The van der Waals surface area contributed by atoms with Crippen molar-refractivity contribution in [1.29, 1.82) is 15.8 Å². The van der Waals surface area contributed by atoms with Crippen LogP contribution >= 0.6 is 0 Å². The number of hydrogen-bond donors (Lipinski definition) is 1. The lowest BCUT2D eigenvalue weighted by atomic mass is 10.1. The first-order chi connectivity index (χ1) is 12.4. The van der Waals surface area contributed by atoms with Crippen LogP contribution in [0.4, 0.5) is 5.69 Å². The first kappa shape index (κ1) is 18.0. The lowest BCUT2D eigenvalue weighted by molar-refractivity contribution is -0.384. The van der Waals surface area contributed by atoms with Gasteiger partial charge in [-0.2, -0.15) is 15.8 Å². The highest BCUT2D eigenvalue weighted by molar-refractivity contribution is 5.69. The van der Waals surface area contributed by atoms with Gasteiger partial charge >= 0.3 is 0 Å². The number of hydrogen-bond acceptors (Lipinski definition) is 7. The second-order valence-corrected chi connectivity index (χ2v) is 5.14. The number of allylic oxidation sites excluding steroid dienone is 2. The van der Waals surface area contributed by atoms with Gasteiger partial charge in [-0.15, -0.1) is 0 Å². The Hall–Kier alpha value is -4.35. The summed E-state index contributed by atoms with van der Waals surface area (Å²) in [6.45, 7) is 1.78. The Labute approximate surface area is 148 Å². The Bertz CT molecular complexity index is 1060. The number of nitriles is 3. The van der Waals surface area contributed by atoms with Crippen molar-refractivity contribution in [3.8, 4) is 29.5 Å². The molecule has 0 radical (unpaired) electrons. The molecule has 1 heterocycles. The topological polar surface area (TPSA) is 154 Å². The molecule has 2 aromatic rings. The molecule has 2 N–H and O–H groups in total. The molecule has 0 unspecified atom stereocenters. The monoisotopic (exact) mass is 345 g/mol. The summed E-state index contributed by atoms with van der Waals surface area (Å²) in [4.78, 5) is 10.4. The Balaban J connectivity index is 2.49. The van der Waals surface area contributed by atoms with Gasteiger partial charge in [0.15, 0.2) is 5.57 Å². The van der Waals surface area contributed by atoms with Crippen molar-refractivity contribution in [1.82, 2.24) is 0 Å². The highest BCUT2D eigenvalue weighted by atomic mass is 16.6. The third-order valence-corrected chi connectivity index (χ3v) is 3.51. The summed E-state index contributed by atoms with van der Waals surface area (Å²) in [5.74, 6) is 0.624. The molecule has 0 amide bonds. The van der Waals surface area contributed by atoms with E-state index in [2.05, 4.69) is 0 Å². The van der Waals surface area contributed by atoms with Gasteiger partial charge in [0.2, 0.25) is 0 Å². The quantitative estimate of drug-likeness (QED) is 0.385. The molecule has 126 valence electrons. The minimum absolute atomic E-state index is 0.0725. The van der Waals surface area contributed by atoms with E-state index < -0.39 is 4.92 Å². The predicted molar refractivity (Wildman–Crippen MR) is 91.6 cm³/mol. The van der Waals surface area contributed by atoms with E-state index in [0.29, 0.717) is 11.3 Å². The molecule has 0 atom stereocenters. The molecule has 2 rings (SSSR count). The summed E-state index contributed by atoms with van der Waals surface area (Å²) in [7, 11) is 0. The van der Waals surface area contributed by atoms with Crippen LogP contribution < -0.4 is 5.73 Å². The van der Waals surface area contributed by atoms with E-state index in [1.807, 2.05) is 6.07 Å². The fraction of sp³-hybridized carbons (Fsp3) is 0.0556. The van der Waals surface area contributed by atoms with Crippen LogP contribution in [-0.2, 0) is 0 Å². The molecule has 0 saturated carbocycles. The number of benzene rings is 1. The fourth-order valence-electron chi connectivity index (χ4n) is 2.16. The SMILES string of the molecule is Cc1ccc([N+](=O)[O-])cc1-c1ccc(/C=C(/C#N)C(N)=C(C#N)C#N)o1. The molecule has 0 aliphatic rings. The number of nitro groups is 1. The lowest BCUT2D eigenvalue weighted by Crippen LogP contribution is -2.03. The second kappa shape index (κ2) is 7.48. The number of rotatable bonds is 4. The van der Waals surface area contributed by atoms with Gasteiger partial charge in [0, 0.05) is 23.8 Å². The van der Waals surface area contributed by atoms with Crippen molar-refractivity contribution < 1.29 is 9.34 Å². The van der Waals surface area contributed by atoms with Crippen molar-refractivity contribution >= 4 is 11.8 Å². The van der Waals surface area contributed by atoms with Crippen molar-refractivity contribution in [3.05, 3.63) is 68.6 Å². The molecule has 0 spiro atoms. The molecule has 8 nitrogen and oxygen atoms in total. The molecule has 0 aliphatic carbocycles. The van der Waals surface area contributed by atoms with Crippen LogP contribution in [-0.4, -0.2) is 4.92 Å². The van der Waals surface area contributed by atoms with E-state index >= 15 is 0 Å². The van der Waals surface area contributed by atoms with Crippen LogP contribution in [0.5, 0.6) is 0 Å². The predicted octanol–water partition coefficient (Wildman–Crippen LogP) is 3.33. The molecule has 8 heteroatoms. The summed E-state index contributed by atoms with van der Waals surface area (Å²) in [6.07, 6.45) is 1.29. The zero-order valence-electron chi connectivity index (χ0n) is 13.6. The van der Waals surface area contributed by atoms with Crippen LogP contribution in [0.2, 0.25) is 0 Å². The minimum atomic E-state index is -0.503. The Kier molecular flexibility index (Phi) is 5.18. The Morgan fingerprint density at radius 2 is 1.88 bits per heavy atom. The van der Waals surface area contributed by atoms with E-state index in [-0.39, 0.29) is 28.3 Å². The molecule has 0 aliphatic heterocycles. The second-order valence-electron chi connectivity index (χ2n) is 5.14. The molecular weight excluding hydrogens is 334 g/mol. The summed E-state index contributed by atoms with van der Waals surface area (Å²) >= 11 is 0. The number of non-ortho nitro benzene ring substituents is 1. The first-order valence-electron chi connectivity index (χ1n) is 7.18. The number of nitro benzene ring substituents is 1. The Morgan fingerprint density at radius 1 is 1.19 bits per heavy atom. The summed E-state index contributed by atoms with van der Waals surface area (Å²) < 4.78 is 5.62. The smallest absolute Gasteiger partial charge is 0.270 e. The van der Waals surface area contributed by atoms with Crippen molar-refractivity contribution in [3.63, 3.8) is 0 Å². The average Bonchev–Trinajstić information content (AvgIpc) is 3.09. The van der Waals surface area contributed by atoms with E-state index in [9.17, 15) is 15.4 Å². The molecule has 26 heavy (non-hydrogen) atoms. The van der Waals surface area contributed by atoms with E-state index in [1.54, 1.807) is 37.3 Å². The molecule has 0 fully saturated rings. The number of furan rings is 1. The van der Waals surface area contributed by atoms with Gasteiger partial charge in [0.1, 0.15) is 29.7 Å².